The van der Waals surface area contributed by atoms with Gasteiger partial charge in [0.05, 0.1) is 6.54 Å². The summed E-state index contributed by atoms with van der Waals surface area (Å²) in [5.41, 5.74) is -0.227. The highest BCUT2D eigenvalue weighted by Gasteiger charge is 2.39. The zero-order valence-corrected chi connectivity index (χ0v) is 12.1. The molecule has 1 saturated heterocycles. The van der Waals surface area contributed by atoms with Crippen molar-refractivity contribution >= 4 is 11.8 Å². The Morgan fingerprint density at radius 3 is 2.44 bits per heavy atom. The van der Waals surface area contributed by atoms with Gasteiger partial charge in [-0.15, -0.1) is 0 Å². The summed E-state index contributed by atoms with van der Waals surface area (Å²) in [6.07, 6.45) is 4.49. The van der Waals surface area contributed by atoms with Gasteiger partial charge in [0, 0.05) is 6.54 Å². The molecule has 0 aliphatic carbocycles. The molecule has 104 valence electrons. The van der Waals surface area contributed by atoms with E-state index in [1.54, 1.807) is 4.90 Å². The van der Waals surface area contributed by atoms with Crippen molar-refractivity contribution in [2.75, 3.05) is 13.1 Å². The number of nitrogens with one attached hydrogen (secondary N) is 1. The highest BCUT2D eigenvalue weighted by atomic mass is 16.2. The van der Waals surface area contributed by atoms with Gasteiger partial charge in [-0.25, -0.2) is 0 Å². The molecule has 1 N–H and O–H groups in total. The zero-order chi connectivity index (χ0) is 13.8. The van der Waals surface area contributed by atoms with E-state index in [1.807, 2.05) is 20.8 Å². The van der Waals surface area contributed by atoms with Crippen LogP contribution in [0.3, 0.4) is 0 Å². The van der Waals surface area contributed by atoms with Gasteiger partial charge in [-0.1, -0.05) is 47.0 Å². The third-order valence-electron chi connectivity index (χ3n) is 3.35. The van der Waals surface area contributed by atoms with Gasteiger partial charge in [-0.3, -0.25) is 9.59 Å². The van der Waals surface area contributed by atoms with Crippen LogP contribution in [0.2, 0.25) is 0 Å². The van der Waals surface area contributed by atoms with Crippen molar-refractivity contribution in [3.8, 4) is 0 Å². The van der Waals surface area contributed by atoms with E-state index in [1.165, 1.54) is 12.8 Å². The van der Waals surface area contributed by atoms with Gasteiger partial charge in [0.15, 0.2) is 0 Å². The number of carbonyl (C=O) groups excluding carboxylic acids is 2. The Kier molecular flexibility index (Phi) is 5.17. The van der Waals surface area contributed by atoms with E-state index in [9.17, 15) is 9.59 Å². The summed E-state index contributed by atoms with van der Waals surface area (Å²) in [5.74, 6) is 0.0311. The van der Waals surface area contributed by atoms with Crippen molar-refractivity contribution in [2.45, 2.75) is 59.4 Å². The average molecular weight is 254 g/mol. The lowest BCUT2D eigenvalue weighted by Gasteiger charge is -2.38. The standard InChI is InChI=1S/C14H26N2O2/c1-5-6-7-8-9-16-10-11(17)15-12(13(16)18)14(2,3)4/h12H,5-10H2,1-4H3,(H,15,17). The minimum Gasteiger partial charge on any atom is -0.342 e. The molecule has 1 aliphatic heterocycles. The first-order chi connectivity index (χ1) is 8.36. The summed E-state index contributed by atoms with van der Waals surface area (Å²) in [5, 5.41) is 2.81. The van der Waals surface area contributed by atoms with E-state index in [2.05, 4.69) is 12.2 Å². The zero-order valence-electron chi connectivity index (χ0n) is 12.1. The van der Waals surface area contributed by atoms with Crippen LogP contribution in [0.1, 0.15) is 53.4 Å². The lowest BCUT2D eigenvalue weighted by Crippen LogP contribution is -2.62. The first kappa shape index (κ1) is 15.0. The number of amides is 2. The topological polar surface area (TPSA) is 49.4 Å². The molecule has 2 amide bonds. The normalized spacial score (nSPS) is 21.1. The summed E-state index contributed by atoms with van der Waals surface area (Å²) >= 11 is 0. The third kappa shape index (κ3) is 4.00. The van der Waals surface area contributed by atoms with Crippen LogP contribution < -0.4 is 5.32 Å². The van der Waals surface area contributed by atoms with Crippen molar-refractivity contribution in [1.82, 2.24) is 10.2 Å². The molecule has 4 nitrogen and oxygen atoms in total. The molecule has 0 aromatic rings. The Morgan fingerprint density at radius 2 is 1.89 bits per heavy atom. The van der Waals surface area contributed by atoms with E-state index >= 15 is 0 Å². The van der Waals surface area contributed by atoms with Gasteiger partial charge in [-0.05, 0) is 11.8 Å². The largest absolute Gasteiger partial charge is 0.342 e. The van der Waals surface area contributed by atoms with Crippen LogP contribution in [0.5, 0.6) is 0 Å². The minimum atomic E-state index is -0.384. The lowest BCUT2D eigenvalue weighted by molar-refractivity contribution is -0.147. The summed E-state index contributed by atoms with van der Waals surface area (Å²) in [7, 11) is 0. The predicted octanol–water partition coefficient (Wildman–Crippen LogP) is 1.94. The highest BCUT2D eigenvalue weighted by Crippen LogP contribution is 2.23. The third-order valence-corrected chi connectivity index (χ3v) is 3.35. The second-order valence-electron chi connectivity index (χ2n) is 6.19. The summed E-state index contributed by atoms with van der Waals surface area (Å²) in [4.78, 5) is 25.7. The lowest BCUT2D eigenvalue weighted by atomic mass is 9.84. The molecule has 1 unspecified atom stereocenters. The average Bonchev–Trinajstić information content (AvgIpc) is 2.27. The van der Waals surface area contributed by atoms with Crippen LogP contribution in [0.15, 0.2) is 0 Å². The summed E-state index contributed by atoms with van der Waals surface area (Å²) < 4.78 is 0. The van der Waals surface area contributed by atoms with Gasteiger partial charge < -0.3 is 10.2 Å². The van der Waals surface area contributed by atoms with Crippen LogP contribution in [-0.4, -0.2) is 35.8 Å². The van der Waals surface area contributed by atoms with Gasteiger partial charge in [-0.2, -0.15) is 0 Å². The van der Waals surface area contributed by atoms with Gasteiger partial charge >= 0.3 is 0 Å². The molecule has 18 heavy (non-hydrogen) atoms. The molecule has 0 aromatic heterocycles. The SMILES string of the molecule is CCCCCCN1CC(=O)NC(C(C)(C)C)C1=O. The van der Waals surface area contributed by atoms with Crippen molar-refractivity contribution in [3.05, 3.63) is 0 Å². The predicted molar refractivity (Wildman–Crippen MR) is 72.1 cm³/mol. The minimum absolute atomic E-state index is 0.0370. The van der Waals surface area contributed by atoms with E-state index in [0.717, 1.165) is 12.8 Å². The Labute approximate surface area is 110 Å². The molecule has 1 fully saturated rings. The molecule has 0 spiro atoms. The smallest absolute Gasteiger partial charge is 0.246 e. The van der Waals surface area contributed by atoms with E-state index < -0.39 is 0 Å². The number of carbonyl (C=O) groups is 2. The maximum Gasteiger partial charge on any atom is 0.246 e. The first-order valence-corrected chi connectivity index (χ1v) is 6.94. The Morgan fingerprint density at radius 1 is 1.22 bits per heavy atom. The van der Waals surface area contributed by atoms with Crippen molar-refractivity contribution in [3.63, 3.8) is 0 Å². The Bertz CT molecular complexity index is 307. The monoisotopic (exact) mass is 254 g/mol. The Hall–Kier alpha value is -1.06. The number of rotatable bonds is 5. The maximum atomic E-state index is 12.3. The van der Waals surface area contributed by atoms with Crippen molar-refractivity contribution in [1.29, 1.82) is 0 Å². The number of nitrogens with zero attached hydrogens (tertiary/aromatic N) is 1. The number of hydrogen-bond donors (Lipinski definition) is 1. The van der Waals surface area contributed by atoms with Gasteiger partial charge in [0.25, 0.3) is 0 Å². The van der Waals surface area contributed by atoms with Gasteiger partial charge in [0.1, 0.15) is 6.04 Å². The molecule has 4 heteroatoms. The quantitative estimate of drug-likeness (QED) is 0.762. The first-order valence-electron chi connectivity index (χ1n) is 6.94. The highest BCUT2D eigenvalue weighted by molar-refractivity contribution is 5.95. The maximum absolute atomic E-state index is 12.3. The number of piperazine rings is 1. The van der Waals surface area contributed by atoms with E-state index in [4.69, 9.17) is 0 Å². The van der Waals surface area contributed by atoms with E-state index in [-0.39, 0.29) is 29.8 Å². The number of unbranched alkanes of at least 4 members (excludes halogenated alkanes) is 3. The van der Waals surface area contributed by atoms with Gasteiger partial charge in [0.2, 0.25) is 11.8 Å². The molecule has 1 rings (SSSR count). The molecular formula is C14H26N2O2. The van der Waals surface area contributed by atoms with Crippen molar-refractivity contribution < 1.29 is 9.59 Å². The molecule has 0 saturated carbocycles. The molecule has 1 atom stereocenters. The van der Waals surface area contributed by atoms with Crippen LogP contribution in [0, 0.1) is 5.41 Å². The summed E-state index contributed by atoms with van der Waals surface area (Å²) in [6, 6.07) is -0.384. The molecular weight excluding hydrogens is 228 g/mol. The van der Waals surface area contributed by atoms with Crippen molar-refractivity contribution in [2.24, 2.45) is 5.41 Å². The Balaban J connectivity index is 2.57. The van der Waals surface area contributed by atoms with Crippen LogP contribution >= 0.6 is 0 Å². The molecule has 1 heterocycles. The molecule has 0 bridgehead atoms. The molecule has 1 aliphatic rings. The molecule has 0 radical (unpaired) electrons. The fraction of sp³-hybridized carbons (Fsp3) is 0.857. The number of hydrogen-bond acceptors (Lipinski definition) is 2. The van der Waals surface area contributed by atoms with E-state index in [0.29, 0.717) is 6.54 Å². The second-order valence-corrected chi connectivity index (χ2v) is 6.19. The molecule has 0 aromatic carbocycles. The van der Waals surface area contributed by atoms with Crippen LogP contribution in [0.25, 0.3) is 0 Å². The van der Waals surface area contributed by atoms with Crippen LogP contribution in [-0.2, 0) is 9.59 Å². The summed E-state index contributed by atoms with van der Waals surface area (Å²) in [6.45, 7) is 9.04. The fourth-order valence-corrected chi connectivity index (χ4v) is 2.21. The van der Waals surface area contributed by atoms with Crippen LogP contribution in [0.4, 0.5) is 0 Å². The second kappa shape index (κ2) is 6.21. The fourth-order valence-electron chi connectivity index (χ4n) is 2.21.